The zero-order valence-electron chi connectivity index (χ0n) is 8.66. The average Bonchev–Trinajstić information content (AvgIpc) is 2.58. The topological polar surface area (TPSA) is 64.3 Å². The monoisotopic (exact) mass is 222 g/mol. The van der Waals surface area contributed by atoms with E-state index >= 15 is 0 Å². The van der Waals surface area contributed by atoms with E-state index in [1.807, 2.05) is 6.92 Å². The Labute approximate surface area is 91.0 Å². The maximum atomic E-state index is 11.0. The Balaban J connectivity index is 0.00000169. The number of carbonyl (C=O) groups excluding carboxylic acids is 1. The van der Waals surface area contributed by atoms with Crippen LogP contribution in [0.5, 0.6) is 0 Å². The molecule has 0 saturated carbocycles. The minimum absolute atomic E-state index is 0. The second kappa shape index (κ2) is 6.22. The summed E-state index contributed by atoms with van der Waals surface area (Å²) in [6.07, 6.45) is 2.13. The molecule has 1 aliphatic rings. The van der Waals surface area contributed by atoms with Gasteiger partial charge in [-0.25, -0.2) is 0 Å². The van der Waals surface area contributed by atoms with Gasteiger partial charge in [0.1, 0.15) is 0 Å². The van der Waals surface area contributed by atoms with Gasteiger partial charge in [-0.15, -0.1) is 12.4 Å². The lowest BCUT2D eigenvalue weighted by Gasteiger charge is -2.26. The predicted octanol–water partition coefficient (Wildman–Crippen LogP) is 0.297. The standard InChI is InChI=1S/C9H18N2O2.ClH/c1-6(9(10)12)8(13-2)7-4-3-5-11-7;/h6-8,11H,3-5H2,1-2H3,(H2,10,12);1H/t6?,7-,8?;/m0./s1. The third-order valence-corrected chi connectivity index (χ3v) is 2.71. The van der Waals surface area contributed by atoms with E-state index in [-0.39, 0.29) is 36.4 Å². The Kier molecular flexibility index (Phi) is 6.08. The van der Waals surface area contributed by atoms with Crippen molar-refractivity contribution in [2.24, 2.45) is 11.7 Å². The van der Waals surface area contributed by atoms with Crippen LogP contribution in [-0.2, 0) is 9.53 Å². The van der Waals surface area contributed by atoms with E-state index < -0.39 is 0 Å². The molecule has 5 heteroatoms. The second-order valence-electron chi connectivity index (χ2n) is 3.59. The molecular weight excluding hydrogens is 204 g/mol. The molecule has 0 aromatic heterocycles. The molecular formula is C9H19ClN2O2. The summed E-state index contributed by atoms with van der Waals surface area (Å²) in [6, 6.07) is 0.285. The van der Waals surface area contributed by atoms with E-state index in [2.05, 4.69) is 5.32 Å². The Hall–Kier alpha value is -0.320. The van der Waals surface area contributed by atoms with Crippen molar-refractivity contribution in [1.82, 2.24) is 5.32 Å². The summed E-state index contributed by atoms with van der Waals surface area (Å²) in [5, 5.41) is 3.31. The Morgan fingerprint density at radius 1 is 1.64 bits per heavy atom. The lowest BCUT2D eigenvalue weighted by atomic mass is 9.96. The first-order valence-corrected chi connectivity index (χ1v) is 4.72. The van der Waals surface area contributed by atoms with E-state index in [9.17, 15) is 4.79 Å². The minimum Gasteiger partial charge on any atom is -0.379 e. The highest BCUT2D eigenvalue weighted by molar-refractivity contribution is 5.85. The van der Waals surface area contributed by atoms with Crippen LogP contribution in [-0.4, -0.2) is 31.7 Å². The molecule has 0 aliphatic carbocycles. The van der Waals surface area contributed by atoms with Gasteiger partial charge in [-0.3, -0.25) is 4.79 Å². The maximum absolute atomic E-state index is 11.0. The van der Waals surface area contributed by atoms with Crippen LogP contribution < -0.4 is 11.1 Å². The fraction of sp³-hybridized carbons (Fsp3) is 0.889. The second-order valence-corrected chi connectivity index (χ2v) is 3.59. The number of ether oxygens (including phenoxy) is 1. The van der Waals surface area contributed by atoms with Crippen LogP contribution in [0.25, 0.3) is 0 Å². The Bertz CT molecular complexity index is 184. The summed E-state index contributed by atoms with van der Waals surface area (Å²) < 4.78 is 5.29. The molecule has 1 saturated heterocycles. The number of halogens is 1. The van der Waals surface area contributed by atoms with Gasteiger partial charge < -0.3 is 15.8 Å². The smallest absolute Gasteiger partial charge is 0.222 e. The van der Waals surface area contributed by atoms with E-state index in [0.29, 0.717) is 0 Å². The lowest BCUT2D eigenvalue weighted by molar-refractivity contribution is -0.126. The number of methoxy groups -OCH3 is 1. The van der Waals surface area contributed by atoms with Crippen LogP contribution in [0.2, 0.25) is 0 Å². The van der Waals surface area contributed by atoms with Gasteiger partial charge in [0, 0.05) is 13.2 Å². The van der Waals surface area contributed by atoms with Crippen molar-refractivity contribution in [2.75, 3.05) is 13.7 Å². The molecule has 84 valence electrons. The Morgan fingerprint density at radius 3 is 2.64 bits per heavy atom. The van der Waals surface area contributed by atoms with Gasteiger partial charge in [0.25, 0.3) is 0 Å². The number of nitrogens with two attached hydrogens (primary N) is 1. The molecule has 0 aromatic carbocycles. The zero-order chi connectivity index (χ0) is 9.84. The zero-order valence-corrected chi connectivity index (χ0v) is 9.47. The lowest BCUT2D eigenvalue weighted by Crippen LogP contribution is -2.44. The molecule has 4 nitrogen and oxygen atoms in total. The summed E-state index contributed by atoms with van der Waals surface area (Å²) in [5.41, 5.74) is 5.23. The van der Waals surface area contributed by atoms with E-state index in [4.69, 9.17) is 10.5 Å². The van der Waals surface area contributed by atoms with Crippen LogP contribution in [0, 0.1) is 5.92 Å². The van der Waals surface area contributed by atoms with Crippen molar-refractivity contribution < 1.29 is 9.53 Å². The van der Waals surface area contributed by atoms with Gasteiger partial charge >= 0.3 is 0 Å². The highest BCUT2D eigenvalue weighted by Crippen LogP contribution is 2.18. The summed E-state index contributed by atoms with van der Waals surface area (Å²) in [6.45, 7) is 2.83. The van der Waals surface area contributed by atoms with Crippen LogP contribution >= 0.6 is 12.4 Å². The predicted molar refractivity (Wildman–Crippen MR) is 57.4 cm³/mol. The molecule has 0 bridgehead atoms. The van der Waals surface area contributed by atoms with Gasteiger partial charge in [-0.05, 0) is 19.4 Å². The SMILES string of the molecule is COC(C(C)C(N)=O)[C@@H]1CCCN1.Cl. The largest absolute Gasteiger partial charge is 0.379 e. The van der Waals surface area contributed by atoms with Crippen LogP contribution in [0.4, 0.5) is 0 Å². The fourth-order valence-corrected chi connectivity index (χ4v) is 1.87. The summed E-state index contributed by atoms with van der Waals surface area (Å²) in [7, 11) is 1.63. The van der Waals surface area contributed by atoms with Crippen molar-refractivity contribution in [3.63, 3.8) is 0 Å². The van der Waals surface area contributed by atoms with Crippen molar-refractivity contribution in [2.45, 2.75) is 31.9 Å². The van der Waals surface area contributed by atoms with Crippen molar-refractivity contribution in [3.05, 3.63) is 0 Å². The molecule has 1 heterocycles. The van der Waals surface area contributed by atoms with Gasteiger partial charge in [0.15, 0.2) is 0 Å². The molecule has 1 amide bonds. The van der Waals surface area contributed by atoms with Crippen LogP contribution in [0.15, 0.2) is 0 Å². The molecule has 1 aliphatic heterocycles. The summed E-state index contributed by atoms with van der Waals surface area (Å²) in [5.74, 6) is -0.513. The minimum atomic E-state index is -0.291. The number of rotatable bonds is 4. The van der Waals surface area contributed by atoms with Gasteiger partial charge in [-0.2, -0.15) is 0 Å². The van der Waals surface area contributed by atoms with E-state index in [0.717, 1.165) is 19.4 Å². The molecule has 0 aromatic rings. The average molecular weight is 223 g/mol. The molecule has 1 fully saturated rings. The quantitative estimate of drug-likeness (QED) is 0.719. The third kappa shape index (κ3) is 3.12. The third-order valence-electron chi connectivity index (χ3n) is 2.71. The van der Waals surface area contributed by atoms with E-state index in [1.54, 1.807) is 7.11 Å². The molecule has 14 heavy (non-hydrogen) atoms. The first-order chi connectivity index (χ1) is 6.16. The summed E-state index contributed by atoms with van der Waals surface area (Å²) in [4.78, 5) is 11.0. The molecule has 2 unspecified atom stereocenters. The van der Waals surface area contributed by atoms with Gasteiger partial charge in [-0.1, -0.05) is 6.92 Å². The van der Waals surface area contributed by atoms with Gasteiger partial charge in [0.05, 0.1) is 12.0 Å². The van der Waals surface area contributed by atoms with Crippen molar-refractivity contribution in [1.29, 1.82) is 0 Å². The Morgan fingerprint density at radius 2 is 2.29 bits per heavy atom. The number of hydrogen-bond donors (Lipinski definition) is 2. The normalized spacial score (nSPS) is 25.1. The molecule has 1 rings (SSSR count). The first kappa shape index (κ1) is 13.7. The fourth-order valence-electron chi connectivity index (χ4n) is 1.87. The van der Waals surface area contributed by atoms with Gasteiger partial charge in [0.2, 0.25) is 5.91 Å². The highest BCUT2D eigenvalue weighted by Gasteiger charge is 2.31. The van der Waals surface area contributed by atoms with Crippen LogP contribution in [0.1, 0.15) is 19.8 Å². The molecule has 0 radical (unpaired) electrons. The number of primary amides is 1. The summed E-state index contributed by atoms with van der Waals surface area (Å²) >= 11 is 0. The molecule has 0 spiro atoms. The molecule has 3 atom stereocenters. The molecule has 3 N–H and O–H groups in total. The number of carbonyl (C=O) groups is 1. The van der Waals surface area contributed by atoms with Crippen LogP contribution in [0.3, 0.4) is 0 Å². The van der Waals surface area contributed by atoms with Crippen molar-refractivity contribution >= 4 is 18.3 Å². The maximum Gasteiger partial charge on any atom is 0.222 e. The highest BCUT2D eigenvalue weighted by atomic mass is 35.5. The van der Waals surface area contributed by atoms with E-state index in [1.165, 1.54) is 0 Å². The number of nitrogens with one attached hydrogen (secondary N) is 1. The van der Waals surface area contributed by atoms with Crippen molar-refractivity contribution in [3.8, 4) is 0 Å². The number of hydrogen-bond acceptors (Lipinski definition) is 3. The number of amides is 1. The first-order valence-electron chi connectivity index (χ1n) is 4.72.